The minimum absolute atomic E-state index is 0.000697. The Morgan fingerprint density at radius 3 is 2.34 bits per heavy atom. The van der Waals surface area contributed by atoms with Gasteiger partial charge in [-0.05, 0) is 74.8 Å². The lowest BCUT2D eigenvalue weighted by atomic mass is 9.54. The number of carbonyl (C=O) groups is 3. The third-order valence-corrected chi connectivity index (χ3v) is 8.58. The molecule has 1 heterocycles. The summed E-state index contributed by atoms with van der Waals surface area (Å²) in [6, 6.07) is 0.190. The molecule has 35 heavy (non-hydrogen) atoms. The van der Waals surface area contributed by atoms with Crippen molar-refractivity contribution in [2.24, 2.45) is 29.1 Å². The molecule has 0 atom stereocenters. The molecule has 4 saturated carbocycles. The molecular weight excluding hydrogens is 470 g/mol. The van der Waals surface area contributed by atoms with E-state index in [1.807, 2.05) is 13.8 Å². The molecule has 9 nitrogen and oxygen atoms in total. The molecule has 4 fully saturated rings. The van der Waals surface area contributed by atoms with Gasteiger partial charge in [0, 0.05) is 17.8 Å². The first-order valence-corrected chi connectivity index (χ1v) is 13.5. The highest BCUT2D eigenvalue weighted by Crippen LogP contribution is 2.53. The molecule has 194 valence electrons. The van der Waals surface area contributed by atoms with Crippen molar-refractivity contribution in [3.8, 4) is 5.88 Å². The summed E-state index contributed by atoms with van der Waals surface area (Å²) in [6.45, 7) is 7.49. The van der Waals surface area contributed by atoms with Crippen LogP contribution in [0.15, 0.2) is 9.42 Å². The minimum atomic E-state index is -0.975. The second kappa shape index (κ2) is 10.4. The van der Waals surface area contributed by atoms with Gasteiger partial charge in [0.15, 0.2) is 0 Å². The van der Waals surface area contributed by atoms with Crippen LogP contribution >= 0.6 is 11.8 Å². The van der Waals surface area contributed by atoms with Crippen molar-refractivity contribution in [2.45, 2.75) is 82.4 Å². The summed E-state index contributed by atoms with van der Waals surface area (Å²) in [6.07, 6.45) is 6.04. The smallest absolute Gasteiger partial charge is 0.305 e. The standard InChI is InChI=1S/C25H37N3O6S/c1-13(2)35-21-20(22(31)27-19-16-8-14-7-15(10-16)11-17(19)9-14)34-28-23(21)33-12-25(3,4)24(32)26-6-5-18(29)30/h13-17,19H,5-12H2,1-4H3,(H,26,32)(H,27,31)(H,29,30). The summed E-state index contributed by atoms with van der Waals surface area (Å²) in [7, 11) is 0. The van der Waals surface area contributed by atoms with E-state index in [2.05, 4.69) is 15.8 Å². The summed E-state index contributed by atoms with van der Waals surface area (Å²) in [5, 5.41) is 18.9. The van der Waals surface area contributed by atoms with Crippen LogP contribution in [0, 0.1) is 29.1 Å². The van der Waals surface area contributed by atoms with Gasteiger partial charge in [0.25, 0.3) is 11.8 Å². The van der Waals surface area contributed by atoms with E-state index in [1.54, 1.807) is 13.8 Å². The van der Waals surface area contributed by atoms with Crippen LogP contribution in [0.4, 0.5) is 0 Å². The van der Waals surface area contributed by atoms with Crippen LogP contribution in [0.25, 0.3) is 0 Å². The predicted molar refractivity (Wildman–Crippen MR) is 130 cm³/mol. The molecule has 0 aliphatic heterocycles. The minimum Gasteiger partial charge on any atom is -0.481 e. The third-order valence-electron chi connectivity index (χ3n) is 7.51. The fourth-order valence-corrected chi connectivity index (χ4v) is 6.96. The number of ether oxygens (including phenoxy) is 1. The summed E-state index contributed by atoms with van der Waals surface area (Å²) >= 11 is 1.45. The first-order chi connectivity index (χ1) is 16.5. The lowest BCUT2D eigenvalue weighted by Gasteiger charge is -2.54. The molecule has 0 radical (unpaired) electrons. The Labute approximate surface area is 210 Å². The van der Waals surface area contributed by atoms with E-state index < -0.39 is 11.4 Å². The second-order valence-corrected chi connectivity index (χ2v) is 12.9. The van der Waals surface area contributed by atoms with Crippen molar-refractivity contribution < 1.29 is 28.8 Å². The lowest BCUT2D eigenvalue weighted by molar-refractivity contribution is -0.137. The first kappa shape index (κ1) is 25.9. The maximum atomic E-state index is 13.3. The van der Waals surface area contributed by atoms with Gasteiger partial charge in [-0.15, -0.1) is 11.8 Å². The summed E-state index contributed by atoms with van der Waals surface area (Å²) in [4.78, 5) is 37.0. The van der Waals surface area contributed by atoms with Gasteiger partial charge in [0.1, 0.15) is 11.5 Å². The molecule has 5 rings (SSSR count). The average Bonchev–Trinajstić information content (AvgIpc) is 3.15. The van der Waals surface area contributed by atoms with Gasteiger partial charge in [0.2, 0.25) is 11.7 Å². The van der Waals surface area contributed by atoms with Crippen molar-refractivity contribution in [1.29, 1.82) is 0 Å². The average molecular weight is 508 g/mol. The zero-order valence-electron chi connectivity index (χ0n) is 21.0. The maximum Gasteiger partial charge on any atom is 0.305 e. The van der Waals surface area contributed by atoms with Crippen LogP contribution in [0.1, 0.15) is 76.8 Å². The number of nitrogens with one attached hydrogen (secondary N) is 2. The van der Waals surface area contributed by atoms with E-state index in [0.29, 0.717) is 16.7 Å². The fraction of sp³-hybridized carbons (Fsp3) is 0.760. The number of rotatable bonds is 11. The van der Waals surface area contributed by atoms with Gasteiger partial charge in [-0.2, -0.15) is 0 Å². The topological polar surface area (TPSA) is 131 Å². The van der Waals surface area contributed by atoms with Crippen LogP contribution in [0.5, 0.6) is 5.88 Å². The quantitative estimate of drug-likeness (QED) is 0.386. The zero-order valence-corrected chi connectivity index (χ0v) is 21.8. The number of aromatic nitrogens is 1. The van der Waals surface area contributed by atoms with Crippen molar-refractivity contribution >= 4 is 29.5 Å². The molecule has 4 aliphatic rings. The normalized spacial score (nSPS) is 27.2. The SMILES string of the molecule is CC(C)Sc1c(OCC(C)(C)C(=O)NCCC(=O)O)noc1C(=O)NC1C2CC3CC(C2)CC1C3. The molecular formula is C25H37N3O6S. The molecule has 0 aromatic carbocycles. The zero-order chi connectivity index (χ0) is 25.3. The van der Waals surface area contributed by atoms with E-state index in [1.165, 1.54) is 43.9 Å². The van der Waals surface area contributed by atoms with Gasteiger partial charge in [0.05, 0.1) is 11.8 Å². The van der Waals surface area contributed by atoms with E-state index >= 15 is 0 Å². The van der Waals surface area contributed by atoms with Crippen molar-refractivity contribution in [3.05, 3.63) is 5.76 Å². The molecule has 0 unspecified atom stereocenters. The number of hydrogen-bond acceptors (Lipinski definition) is 7. The fourth-order valence-electron chi connectivity index (χ4n) is 6.06. The summed E-state index contributed by atoms with van der Waals surface area (Å²) in [5.74, 6) is 1.57. The van der Waals surface area contributed by atoms with Crippen LogP contribution in [-0.2, 0) is 9.59 Å². The van der Waals surface area contributed by atoms with Crippen molar-refractivity contribution in [2.75, 3.05) is 13.2 Å². The predicted octanol–water partition coefficient (Wildman–Crippen LogP) is 3.73. The van der Waals surface area contributed by atoms with Gasteiger partial charge in [-0.3, -0.25) is 14.4 Å². The maximum absolute atomic E-state index is 13.3. The van der Waals surface area contributed by atoms with Crippen LogP contribution < -0.4 is 15.4 Å². The molecule has 4 aliphatic carbocycles. The number of amides is 2. The Balaban J connectivity index is 1.41. The number of thioether (sulfide) groups is 1. The van der Waals surface area contributed by atoms with E-state index in [0.717, 1.165) is 11.8 Å². The monoisotopic (exact) mass is 507 g/mol. The molecule has 1 aromatic rings. The largest absolute Gasteiger partial charge is 0.481 e. The molecule has 1 aromatic heterocycles. The number of aliphatic carboxylic acids is 1. The van der Waals surface area contributed by atoms with Crippen LogP contribution in [-0.4, -0.2) is 52.5 Å². The molecule has 0 saturated heterocycles. The number of carbonyl (C=O) groups excluding carboxylic acids is 2. The highest BCUT2D eigenvalue weighted by molar-refractivity contribution is 8.00. The number of nitrogens with zero attached hydrogens (tertiary/aromatic N) is 1. The van der Waals surface area contributed by atoms with E-state index in [4.69, 9.17) is 14.4 Å². The Morgan fingerprint density at radius 1 is 1.14 bits per heavy atom. The molecule has 3 N–H and O–H groups in total. The van der Waals surface area contributed by atoms with Gasteiger partial charge in [-0.25, -0.2) is 0 Å². The summed E-state index contributed by atoms with van der Waals surface area (Å²) < 4.78 is 11.4. The highest BCUT2D eigenvalue weighted by atomic mass is 32.2. The third kappa shape index (κ3) is 5.95. The second-order valence-electron chi connectivity index (χ2n) is 11.3. The Kier molecular flexibility index (Phi) is 7.68. The molecule has 4 bridgehead atoms. The van der Waals surface area contributed by atoms with Gasteiger partial charge < -0.3 is 25.0 Å². The molecule has 0 spiro atoms. The van der Waals surface area contributed by atoms with Crippen LogP contribution in [0.3, 0.4) is 0 Å². The summed E-state index contributed by atoms with van der Waals surface area (Å²) in [5.41, 5.74) is -0.931. The van der Waals surface area contributed by atoms with Crippen LogP contribution in [0.2, 0.25) is 0 Å². The van der Waals surface area contributed by atoms with E-state index in [-0.39, 0.29) is 54.3 Å². The van der Waals surface area contributed by atoms with Crippen molar-refractivity contribution in [3.63, 3.8) is 0 Å². The first-order valence-electron chi connectivity index (χ1n) is 12.6. The Hall–Kier alpha value is -2.23. The molecule has 10 heteroatoms. The van der Waals surface area contributed by atoms with Gasteiger partial charge >= 0.3 is 5.97 Å². The molecule has 2 amide bonds. The van der Waals surface area contributed by atoms with Crippen molar-refractivity contribution in [1.82, 2.24) is 15.8 Å². The van der Waals surface area contributed by atoms with Gasteiger partial charge in [-0.1, -0.05) is 13.8 Å². The number of carboxylic acids is 1. The lowest BCUT2D eigenvalue weighted by Crippen LogP contribution is -2.55. The Bertz CT molecular complexity index is 931. The highest BCUT2D eigenvalue weighted by Gasteiger charge is 2.49. The number of hydrogen-bond donors (Lipinski definition) is 3. The van der Waals surface area contributed by atoms with E-state index in [9.17, 15) is 14.4 Å². The number of carboxylic acid groups (broad SMARTS) is 1. The Morgan fingerprint density at radius 2 is 1.77 bits per heavy atom.